The van der Waals surface area contributed by atoms with Gasteiger partial charge in [0.25, 0.3) is 0 Å². The van der Waals surface area contributed by atoms with E-state index in [9.17, 15) is 5.11 Å². The van der Waals surface area contributed by atoms with Crippen LogP contribution in [0.5, 0.6) is 0 Å². The highest BCUT2D eigenvalue weighted by molar-refractivity contribution is 5.26. The molecule has 24 heavy (non-hydrogen) atoms. The molecule has 2 aliphatic heterocycles. The third kappa shape index (κ3) is 2.99. The van der Waals surface area contributed by atoms with E-state index < -0.39 is 0 Å². The number of likely N-dealkylation sites (tertiary alicyclic amines) is 1. The van der Waals surface area contributed by atoms with Crippen LogP contribution >= 0.6 is 0 Å². The molecular weight excluding hydrogens is 302 g/mol. The van der Waals surface area contributed by atoms with Crippen LogP contribution in [0.1, 0.15) is 42.2 Å². The Hall–Kier alpha value is -1.69. The summed E-state index contributed by atoms with van der Waals surface area (Å²) in [4.78, 5) is 2.44. The summed E-state index contributed by atoms with van der Waals surface area (Å²) in [7, 11) is 0. The number of nitrogens with zero attached hydrogens (tertiary/aromatic N) is 2. The minimum absolute atomic E-state index is 0.168. The molecule has 0 bridgehead atoms. The van der Waals surface area contributed by atoms with Gasteiger partial charge in [0.15, 0.2) is 0 Å². The number of hydrogen-bond donors (Lipinski definition) is 2. The fourth-order valence-corrected chi connectivity index (χ4v) is 4.00. The molecule has 1 aromatic heterocycles. The van der Waals surface area contributed by atoms with Crippen LogP contribution in [0.2, 0.25) is 0 Å². The van der Waals surface area contributed by atoms with Crippen molar-refractivity contribution < 1.29 is 9.84 Å². The standard InChI is InChI=1S/C19H25N3O2/c23-17(15-4-2-1-3-5-15)6-10-22-11-8-19(9-12-22)18-16(7-13-24-19)14-20-21-18/h1-5,14,17,23H,6-13H2,(H,20,21)/t17-/m1/s1. The van der Waals surface area contributed by atoms with E-state index in [0.29, 0.717) is 0 Å². The molecule has 2 aromatic rings. The van der Waals surface area contributed by atoms with E-state index in [4.69, 9.17) is 4.74 Å². The van der Waals surface area contributed by atoms with Gasteiger partial charge in [0, 0.05) is 19.6 Å². The molecule has 2 aliphatic rings. The highest BCUT2D eigenvalue weighted by Crippen LogP contribution is 2.40. The molecule has 1 fully saturated rings. The van der Waals surface area contributed by atoms with Crippen molar-refractivity contribution in [1.82, 2.24) is 15.1 Å². The van der Waals surface area contributed by atoms with Gasteiger partial charge in [-0.2, -0.15) is 5.10 Å². The number of aromatic amines is 1. The highest BCUT2D eigenvalue weighted by Gasteiger charge is 2.42. The summed E-state index contributed by atoms with van der Waals surface area (Å²) in [5.74, 6) is 0. The van der Waals surface area contributed by atoms with Gasteiger partial charge in [-0.3, -0.25) is 5.10 Å². The van der Waals surface area contributed by atoms with E-state index in [1.807, 2.05) is 36.5 Å². The molecule has 5 heteroatoms. The first-order valence-electron chi connectivity index (χ1n) is 8.89. The maximum absolute atomic E-state index is 10.3. The second-order valence-corrected chi connectivity index (χ2v) is 6.92. The Morgan fingerprint density at radius 1 is 1.25 bits per heavy atom. The smallest absolute Gasteiger partial charge is 0.112 e. The quantitative estimate of drug-likeness (QED) is 0.905. The zero-order valence-electron chi connectivity index (χ0n) is 13.9. The van der Waals surface area contributed by atoms with Crippen molar-refractivity contribution in [3.8, 4) is 0 Å². The molecule has 0 saturated carbocycles. The number of aliphatic hydroxyl groups is 1. The lowest BCUT2D eigenvalue weighted by atomic mass is 9.83. The second kappa shape index (κ2) is 6.67. The van der Waals surface area contributed by atoms with E-state index in [0.717, 1.165) is 57.5 Å². The number of fused-ring (bicyclic) bond motifs is 2. The first-order valence-corrected chi connectivity index (χ1v) is 8.89. The minimum atomic E-state index is -0.382. The lowest BCUT2D eigenvalue weighted by Crippen LogP contribution is -2.47. The topological polar surface area (TPSA) is 61.4 Å². The van der Waals surface area contributed by atoms with Crippen LogP contribution in [-0.4, -0.2) is 46.4 Å². The van der Waals surface area contributed by atoms with Crippen LogP contribution in [0.25, 0.3) is 0 Å². The van der Waals surface area contributed by atoms with E-state index in [-0.39, 0.29) is 11.7 Å². The number of aromatic nitrogens is 2. The van der Waals surface area contributed by atoms with Gasteiger partial charge in [0.1, 0.15) is 5.60 Å². The molecule has 1 aromatic carbocycles. The van der Waals surface area contributed by atoms with Crippen LogP contribution in [0.15, 0.2) is 36.5 Å². The molecule has 0 amide bonds. The van der Waals surface area contributed by atoms with Gasteiger partial charge in [0.05, 0.1) is 24.6 Å². The molecule has 0 aliphatic carbocycles. The van der Waals surface area contributed by atoms with Crippen molar-refractivity contribution in [1.29, 1.82) is 0 Å². The van der Waals surface area contributed by atoms with Crippen molar-refractivity contribution in [3.05, 3.63) is 53.3 Å². The van der Waals surface area contributed by atoms with Crippen molar-refractivity contribution in [2.24, 2.45) is 0 Å². The van der Waals surface area contributed by atoms with Crippen LogP contribution in [0, 0.1) is 0 Å². The largest absolute Gasteiger partial charge is 0.388 e. The number of nitrogens with one attached hydrogen (secondary N) is 1. The Bertz CT molecular complexity index is 662. The fraction of sp³-hybridized carbons (Fsp3) is 0.526. The molecular formula is C19H25N3O2. The first kappa shape index (κ1) is 15.8. The van der Waals surface area contributed by atoms with E-state index in [1.165, 1.54) is 11.3 Å². The van der Waals surface area contributed by atoms with Gasteiger partial charge in [0.2, 0.25) is 0 Å². The number of piperidine rings is 1. The predicted octanol–water partition coefficient (Wildman–Crippen LogP) is 2.40. The molecule has 1 atom stereocenters. The number of benzene rings is 1. The summed E-state index contributed by atoms with van der Waals surface area (Å²) in [5, 5.41) is 17.7. The van der Waals surface area contributed by atoms with Crippen LogP contribution in [0.4, 0.5) is 0 Å². The summed E-state index contributed by atoms with van der Waals surface area (Å²) in [6, 6.07) is 9.92. The van der Waals surface area contributed by atoms with E-state index in [1.54, 1.807) is 0 Å². The zero-order chi connectivity index (χ0) is 16.4. The number of H-pyrrole nitrogens is 1. The Kier molecular flexibility index (Phi) is 4.39. The normalized spacial score (nSPS) is 21.5. The third-order valence-corrected chi connectivity index (χ3v) is 5.49. The van der Waals surface area contributed by atoms with Gasteiger partial charge in [-0.15, -0.1) is 0 Å². The van der Waals surface area contributed by atoms with Gasteiger partial charge >= 0.3 is 0 Å². The number of aliphatic hydroxyl groups excluding tert-OH is 1. The van der Waals surface area contributed by atoms with Crippen molar-refractivity contribution in [2.75, 3.05) is 26.2 Å². The van der Waals surface area contributed by atoms with Crippen LogP contribution in [-0.2, 0) is 16.8 Å². The number of rotatable bonds is 4. The molecule has 0 radical (unpaired) electrons. The van der Waals surface area contributed by atoms with Gasteiger partial charge in [-0.05, 0) is 36.8 Å². The van der Waals surface area contributed by atoms with Crippen molar-refractivity contribution in [2.45, 2.75) is 37.4 Å². The molecule has 5 nitrogen and oxygen atoms in total. The molecule has 4 rings (SSSR count). The Balaban J connectivity index is 1.33. The molecule has 3 heterocycles. The molecule has 2 N–H and O–H groups in total. The number of ether oxygens (including phenoxy) is 1. The zero-order valence-corrected chi connectivity index (χ0v) is 13.9. The fourth-order valence-electron chi connectivity index (χ4n) is 4.00. The minimum Gasteiger partial charge on any atom is -0.388 e. The monoisotopic (exact) mass is 327 g/mol. The summed E-state index contributed by atoms with van der Waals surface area (Å²) in [6.45, 7) is 3.71. The van der Waals surface area contributed by atoms with E-state index >= 15 is 0 Å². The lowest BCUT2D eigenvalue weighted by molar-refractivity contribution is -0.101. The summed E-state index contributed by atoms with van der Waals surface area (Å²) in [6.07, 6.45) is 5.27. The molecule has 1 saturated heterocycles. The molecule has 1 spiro atoms. The summed E-state index contributed by atoms with van der Waals surface area (Å²) >= 11 is 0. The SMILES string of the molecule is O[C@H](CCN1CCC2(CC1)OCCc1cn[nH]c12)c1ccccc1. The van der Waals surface area contributed by atoms with Crippen LogP contribution in [0.3, 0.4) is 0 Å². The first-order chi connectivity index (χ1) is 11.8. The highest BCUT2D eigenvalue weighted by atomic mass is 16.5. The number of hydrogen-bond acceptors (Lipinski definition) is 4. The summed E-state index contributed by atoms with van der Waals surface area (Å²) < 4.78 is 6.19. The predicted molar refractivity (Wildman–Crippen MR) is 91.6 cm³/mol. The van der Waals surface area contributed by atoms with Gasteiger partial charge in [-0.1, -0.05) is 30.3 Å². The Morgan fingerprint density at radius 3 is 2.83 bits per heavy atom. The third-order valence-electron chi connectivity index (χ3n) is 5.49. The van der Waals surface area contributed by atoms with E-state index in [2.05, 4.69) is 15.1 Å². The second-order valence-electron chi connectivity index (χ2n) is 6.92. The molecule has 0 unspecified atom stereocenters. The maximum atomic E-state index is 10.3. The van der Waals surface area contributed by atoms with Gasteiger partial charge < -0.3 is 14.7 Å². The average Bonchev–Trinajstić information content (AvgIpc) is 3.12. The van der Waals surface area contributed by atoms with Gasteiger partial charge in [-0.25, -0.2) is 0 Å². The Labute approximate surface area is 142 Å². The van der Waals surface area contributed by atoms with Crippen molar-refractivity contribution >= 4 is 0 Å². The Morgan fingerprint density at radius 2 is 2.04 bits per heavy atom. The average molecular weight is 327 g/mol. The van der Waals surface area contributed by atoms with Crippen LogP contribution < -0.4 is 0 Å². The molecule has 128 valence electrons. The summed E-state index contributed by atoms with van der Waals surface area (Å²) in [5.41, 5.74) is 3.34. The lowest BCUT2D eigenvalue weighted by Gasteiger charge is -2.43. The maximum Gasteiger partial charge on any atom is 0.112 e. The van der Waals surface area contributed by atoms with Crippen molar-refractivity contribution in [3.63, 3.8) is 0 Å².